The normalized spacial score (nSPS) is 21.8. The Labute approximate surface area is 74.9 Å². The highest BCUT2D eigenvalue weighted by atomic mass is 19.1. The Balaban J connectivity index is 2.11. The molecule has 0 bridgehead atoms. The molecule has 1 heterocycles. The quantitative estimate of drug-likeness (QED) is 0.634. The van der Waals surface area contributed by atoms with Gasteiger partial charge in [-0.2, -0.15) is 0 Å². The molecule has 1 fully saturated rings. The Kier molecular flexibility index (Phi) is 5.33. The molecule has 2 heteroatoms. The van der Waals surface area contributed by atoms with Gasteiger partial charge in [0.2, 0.25) is 0 Å². The van der Waals surface area contributed by atoms with Gasteiger partial charge in [-0.3, -0.25) is 4.39 Å². The largest absolute Gasteiger partial charge is 0.303 e. The number of hydrogen-bond acceptors (Lipinski definition) is 1. The highest BCUT2D eigenvalue weighted by Gasteiger charge is 2.06. The Hall–Kier alpha value is -0.110. The molecule has 72 valence electrons. The van der Waals surface area contributed by atoms with Crippen LogP contribution in [0.15, 0.2) is 0 Å². The lowest BCUT2D eigenvalue weighted by Gasteiger charge is -2.23. The summed E-state index contributed by atoms with van der Waals surface area (Å²) in [5.74, 6) is 0. The third-order valence-corrected chi connectivity index (χ3v) is 2.56. The van der Waals surface area contributed by atoms with Crippen molar-refractivity contribution in [2.45, 2.75) is 38.5 Å². The van der Waals surface area contributed by atoms with Crippen molar-refractivity contribution >= 4 is 0 Å². The first-order valence-electron chi connectivity index (χ1n) is 5.22. The second-order valence-corrected chi connectivity index (χ2v) is 3.65. The lowest BCUT2D eigenvalue weighted by molar-refractivity contribution is 0.236. The summed E-state index contributed by atoms with van der Waals surface area (Å²) >= 11 is 0. The molecule has 0 aromatic carbocycles. The molecule has 1 saturated heterocycles. The number of hydrogen-bond donors (Lipinski definition) is 0. The third kappa shape index (κ3) is 4.05. The molecule has 0 atom stereocenters. The molecular formula is C10H20FN. The average Bonchev–Trinajstić information content (AvgIpc) is 2.02. The van der Waals surface area contributed by atoms with E-state index in [4.69, 9.17) is 0 Å². The van der Waals surface area contributed by atoms with Crippen LogP contribution in [0.5, 0.6) is 0 Å². The van der Waals surface area contributed by atoms with Crippen molar-refractivity contribution in [1.29, 1.82) is 0 Å². The second kappa shape index (κ2) is 6.41. The van der Waals surface area contributed by atoms with Gasteiger partial charge in [0.15, 0.2) is 0 Å². The van der Waals surface area contributed by atoms with Gasteiger partial charge >= 0.3 is 0 Å². The first kappa shape index (κ1) is 9.97. The number of halogens is 1. The van der Waals surface area contributed by atoms with E-state index in [9.17, 15) is 4.39 Å². The first-order chi connectivity index (χ1) is 5.93. The minimum Gasteiger partial charge on any atom is -0.303 e. The predicted octanol–water partition coefficient (Wildman–Crippen LogP) is 2.61. The number of alkyl halides is 1. The van der Waals surface area contributed by atoms with Gasteiger partial charge in [-0.25, -0.2) is 0 Å². The molecule has 1 aliphatic rings. The minimum atomic E-state index is -0.156. The zero-order valence-electron chi connectivity index (χ0n) is 7.90. The predicted molar refractivity (Wildman–Crippen MR) is 50.1 cm³/mol. The maximum absolute atomic E-state index is 11.9. The first-order valence-corrected chi connectivity index (χ1v) is 5.22. The number of likely N-dealkylation sites (tertiary alicyclic amines) is 1. The van der Waals surface area contributed by atoms with E-state index in [1.54, 1.807) is 0 Å². The Morgan fingerprint density at radius 2 is 1.50 bits per heavy atom. The van der Waals surface area contributed by atoms with Gasteiger partial charge in [0.1, 0.15) is 0 Å². The van der Waals surface area contributed by atoms with Crippen LogP contribution in [0.2, 0.25) is 0 Å². The van der Waals surface area contributed by atoms with Crippen molar-refractivity contribution < 1.29 is 4.39 Å². The van der Waals surface area contributed by atoms with E-state index in [2.05, 4.69) is 4.90 Å². The van der Waals surface area contributed by atoms with E-state index < -0.39 is 0 Å². The van der Waals surface area contributed by atoms with E-state index in [-0.39, 0.29) is 6.67 Å². The van der Waals surface area contributed by atoms with Crippen molar-refractivity contribution in [2.24, 2.45) is 0 Å². The van der Waals surface area contributed by atoms with Crippen molar-refractivity contribution in [1.82, 2.24) is 4.90 Å². The van der Waals surface area contributed by atoms with E-state index in [0.29, 0.717) is 0 Å². The lowest BCUT2D eigenvalue weighted by atomic mass is 10.1. The molecular weight excluding hydrogens is 153 g/mol. The fraction of sp³-hybridized carbons (Fsp3) is 1.00. The molecule has 0 saturated carbocycles. The van der Waals surface area contributed by atoms with Gasteiger partial charge in [-0.15, -0.1) is 0 Å². The molecule has 1 aliphatic heterocycles. The Morgan fingerprint density at radius 3 is 2.08 bits per heavy atom. The van der Waals surface area contributed by atoms with Gasteiger partial charge in [-0.05, 0) is 32.4 Å². The smallest absolute Gasteiger partial charge is 0.0906 e. The molecule has 0 spiro atoms. The van der Waals surface area contributed by atoms with Crippen LogP contribution in [0.25, 0.3) is 0 Å². The fourth-order valence-corrected chi connectivity index (χ4v) is 1.82. The van der Waals surface area contributed by atoms with Crippen LogP contribution in [0.3, 0.4) is 0 Å². The average molecular weight is 173 g/mol. The van der Waals surface area contributed by atoms with Gasteiger partial charge < -0.3 is 4.90 Å². The van der Waals surface area contributed by atoms with Crippen LogP contribution in [0.4, 0.5) is 4.39 Å². The van der Waals surface area contributed by atoms with E-state index >= 15 is 0 Å². The molecule has 0 aromatic heterocycles. The van der Waals surface area contributed by atoms with Crippen LogP contribution in [-0.2, 0) is 0 Å². The molecule has 0 N–H and O–H groups in total. The molecule has 0 amide bonds. The van der Waals surface area contributed by atoms with Crippen LogP contribution < -0.4 is 0 Å². The molecule has 1 rings (SSSR count). The fourth-order valence-electron chi connectivity index (χ4n) is 1.82. The Morgan fingerprint density at radius 1 is 0.917 bits per heavy atom. The summed E-state index contributed by atoms with van der Waals surface area (Å²) in [5.41, 5.74) is 0. The monoisotopic (exact) mass is 173 g/mol. The zero-order chi connectivity index (χ0) is 8.65. The molecule has 12 heavy (non-hydrogen) atoms. The highest BCUT2D eigenvalue weighted by molar-refractivity contribution is 4.61. The summed E-state index contributed by atoms with van der Waals surface area (Å²) in [5, 5.41) is 0. The summed E-state index contributed by atoms with van der Waals surface area (Å²) in [6, 6.07) is 0. The summed E-state index contributed by atoms with van der Waals surface area (Å²) in [6.45, 7) is 3.20. The van der Waals surface area contributed by atoms with Crippen molar-refractivity contribution in [3.63, 3.8) is 0 Å². The molecule has 0 aromatic rings. The SMILES string of the molecule is FCCCN1CCCCCCC1. The van der Waals surface area contributed by atoms with E-state index in [1.165, 1.54) is 45.2 Å². The van der Waals surface area contributed by atoms with Crippen LogP contribution in [0.1, 0.15) is 38.5 Å². The van der Waals surface area contributed by atoms with Crippen molar-refractivity contribution in [3.8, 4) is 0 Å². The Bertz CT molecular complexity index is 95.3. The molecule has 0 aliphatic carbocycles. The van der Waals surface area contributed by atoms with Gasteiger partial charge in [0.25, 0.3) is 0 Å². The lowest BCUT2D eigenvalue weighted by Crippen LogP contribution is -2.28. The van der Waals surface area contributed by atoms with Gasteiger partial charge in [-0.1, -0.05) is 19.3 Å². The van der Waals surface area contributed by atoms with Crippen molar-refractivity contribution in [2.75, 3.05) is 26.3 Å². The van der Waals surface area contributed by atoms with Crippen molar-refractivity contribution in [3.05, 3.63) is 0 Å². The molecule has 0 unspecified atom stereocenters. The topological polar surface area (TPSA) is 3.24 Å². The summed E-state index contributed by atoms with van der Waals surface area (Å²) < 4.78 is 11.9. The zero-order valence-corrected chi connectivity index (χ0v) is 7.90. The van der Waals surface area contributed by atoms with Gasteiger partial charge in [0, 0.05) is 6.54 Å². The van der Waals surface area contributed by atoms with E-state index in [1.807, 2.05) is 0 Å². The van der Waals surface area contributed by atoms with Crippen LogP contribution in [0, 0.1) is 0 Å². The summed E-state index contributed by atoms with van der Waals surface area (Å²) in [6.07, 6.45) is 7.48. The van der Waals surface area contributed by atoms with E-state index in [0.717, 1.165) is 13.0 Å². The highest BCUT2D eigenvalue weighted by Crippen LogP contribution is 2.10. The van der Waals surface area contributed by atoms with Crippen LogP contribution in [-0.4, -0.2) is 31.2 Å². The summed E-state index contributed by atoms with van der Waals surface area (Å²) in [7, 11) is 0. The maximum Gasteiger partial charge on any atom is 0.0906 e. The third-order valence-electron chi connectivity index (χ3n) is 2.56. The van der Waals surface area contributed by atoms with Gasteiger partial charge in [0.05, 0.1) is 6.67 Å². The summed E-state index contributed by atoms with van der Waals surface area (Å²) in [4.78, 5) is 2.42. The molecule has 1 nitrogen and oxygen atoms in total. The maximum atomic E-state index is 11.9. The minimum absolute atomic E-state index is 0.156. The molecule has 0 radical (unpaired) electrons. The number of nitrogens with zero attached hydrogens (tertiary/aromatic N) is 1. The standard InChI is InChI=1S/C10H20FN/c11-7-6-10-12-8-4-2-1-3-5-9-12/h1-10H2. The second-order valence-electron chi connectivity index (χ2n) is 3.65. The number of rotatable bonds is 3. The van der Waals surface area contributed by atoms with Crippen LogP contribution >= 0.6 is 0 Å².